The molecule has 2 amide bonds. The number of methoxy groups -OCH3 is 1. The minimum atomic E-state index is -0.264. The Morgan fingerprint density at radius 3 is 2.53 bits per heavy atom. The second-order valence-corrected chi connectivity index (χ2v) is 8.40. The molecule has 0 spiro atoms. The summed E-state index contributed by atoms with van der Waals surface area (Å²) in [4.78, 5) is 29.7. The van der Waals surface area contributed by atoms with Crippen molar-refractivity contribution < 1.29 is 19.1 Å². The Morgan fingerprint density at radius 2 is 1.78 bits per heavy atom. The number of amides is 2. The molecule has 170 valence electrons. The number of hydrogen-bond donors (Lipinski definition) is 1. The maximum atomic E-state index is 13.1. The van der Waals surface area contributed by atoms with Crippen LogP contribution in [0.15, 0.2) is 48.5 Å². The number of likely N-dealkylation sites (tertiary alicyclic amines) is 2. The van der Waals surface area contributed by atoms with Crippen LogP contribution < -0.4 is 14.8 Å². The molecule has 0 aromatic heterocycles. The van der Waals surface area contributed by atoms with Crippen molar-refractivity contribution >= 4 is 17.5 Å². The normalized spacial score (nSPS) is 18.5. The van der Waals surface area contributed by atoms with E-state index in [-0.39, 0.29) is 18.4 Å². The lowest BCUT2D eigenvalue weighted by atomic mass is 10.1. The van der Waals surface area contributed by atoms with E-state index in [9.17, 15) is 9.59 Å². The lowest BCUT2D eigenvalue weighted by Gasteiger charge is -2.28. The first kappa shape index (κ1) is 22.1. The molecule has 0 bridgehead atoms. The van der Waals surface area contributed by atoms with Crippen molar-refractivity contribution in [2.24, 2.45) is 0 Å². The lowest BCUT2D eigenvalue weighted by molar-refractivity contribution is -0.118. The first-order chi connectivity index (χ1) is 15.6. The van der Waals surface area contributed by atoms with Gasteiger partial charge in [-0.3, -0.25) is 9.59 Å². The number of benzene rings is 2. The van der Waals surface area contributed by atoms with Crippen LogP contribution in [0, 0.1) is 0 Å². The van der Waals surface area contributed by atoms with Crippen LogP contribution in [0.1, 0.15) is 36.0 Å². The van der Waals surface area contributed by atoms with E-state index in [0.29, 0.717) is 28.8 Å². The van der Waals surface area contributed by atoms with Gasteiger partial charge in [0.2, 0.25) is 0 Å². The molecular formula is C25H31N3O4. The molecule has 2 aromatic carbocycles. The van der Waals surface area contributed by atoms with Gasteiger partial charge in [-0.05, 0) is 75.2 Å². The number of hydrogen-bond acceptors (Lipinski definition) is 5. The summed E-state index contributed by atoms with van der Waals surface area (Å²) in [5, 5.41) is 2.78. The summed E-state index contributed by atoms with van der Waals surface area (Å²) in [6.45, 7) is 3.98. The largest absolute Gasteiger partial charge is 0.497 e. The van der Waals surface area contributed by atoms with Gasteiger partial charge in [-0.1, -0.05) is 6.07 Å². The molecule has 32 heavy (non-hydrogen) atoms. The Kier molecular flexibility index (Phi) is 7.27. The Labute approximate surface area is 189 Å². The zero-order chi connectivity index (χ0) is 22.3. The molecule has 7 nitrogen and oxygen atoms in total. The summed E-state index contributed by atoms with van der Waals surface area (Å²) in [7, 11) is 1.58. The van der Waals surface area contributed by atoms with E-state index in [0.717, 1.165) is 39.0 Å². The maximum absolute atomic E-state index is 13.1. The first-order valence-electron chi connectivity index (χ1n) is 11.3. The fourth-order valence-electron chi connectivity index (χ4n) is 4.46. The number of rotatable bonds is 8. The van der Waals surface area contributed by atoms with Crippen LogP contribution in [0.3, 0.4) is 0 Å². The summed E-state index contributed by atoms with van der Waals surface area (Å²) in [5.41, 5.74) is 1.31. The first-order valence-corrected chi connectivity index (χ1v) is 11.3. The van der Waals surface area contributed by atoms with Crippen molar-refractivity contribution in [2.45, 2.75) is 31.7 Å². The zero-order valence-electron chi connectivity index (χ0n) is 18.6. The van der Waals surface area contributed by atoms with Crippen molar-refractivity contribution in [3.63, 3.8) is 0 Å². The second-order valence-electron chi connectivity index (χ2n) is 8.40. The predicted octanol–water partition coefficient (Wildman–Crippen LogP) is 3.41. The second kappa shape index (κ2) is 10.5. The molecule has 2 aromatic rings. The Morgan fingerprint density at radius 1 is 1.00 bits per heavy atom. The molecule has 0 saturated carbocycles. The molecule has 1 N–H and O–H groups in total. The molecule has 4 rings (SSSR count). The zero-order valence-corrected chi connectivity index (χ0v) is 18.6. The minimum Gasteiger partial charge on any atom is -0.497 e. The van der Waals surface area contributed by atoms with Gasteiger partial charge in [0.25, 0.3) is 11.8 Å². The van der Waals surface area contributed by atoms with Gasteiger partial charge in [-0.15, -0.1) is 0 Å². The number of carbonyl (C=O) groups is 2. The third-order valence-corrected chi connectivity index (χ3v) is 6.13. The van der Waals surface area contributed by atoms with Crippen LogP contribution in [0.4, 0.5) is 5.69 Å². The average Bonchev–Trinajstić information content (AvgIpc) is 3.50. The Bertz CT molecular complexity index is 925. The number of ether oxygens (including phenoxy) is 2. The van der Waals surface area contributed by atoms with Crippen LogP contribution >= 0.6 is 0 Å². The number of anilines is 1. The highest BCUT2D eigenvalue weighted by Gasteiger charge is 2.31. The van der Waals surface area contributed by atoms with E-state index in [1.807, 2.05) is 11.0 Å². The van der Waals surface area contributed by atoms with Gasteiger partial charge in [0.15, 0.2) is 6.61 Å². The van der Waals surface area contributed by atoms with Gasteiger partial charge in [0, 0.05) is 36.4 Å². The lowest BCUT2D eigenvalue weighted by Crippen LogP contribution is -2.42. The summed E-state index contributed by atoms with van der Waals surface area (Å²) in [5.74, 6) is 1.04. The van der Waals surface area contributed by atoms with Crippen molar-refractivity contribution in [1.82, 2.24) is 9.80 Å². The molecule has 0 aliphatic carbocycles. The van der Waals surface area contributed by atoms with E-state index in [1.54, 1.807) is 49.6 Å². The fraction of sp³-hybridized carbons (Fsp3) is 0.440. The SMILES string of the molecule is COc1cccc(NC(=O)COc2ccc(C(=O)N3CCCC3CN3CCCC3)cc2)c1. The van der Waals surface area contributed by atoms with Gasteiger partial charge in [-0.25, -0.2) is 0 Å². The van der Waals surface area contributed by atoms with E-state index in [1.165, 1.54) is 12.8 Å². The van der Waals surface area contributed by atoms with E-state index < -0.39 is 0 Å². The van der Waals surface area contributed by atoms with E-state index in [4.69, 9.17) is 9.47 Å². The average molecular weight is 438 g/mol. The molecule has 7 heteroatoms. The monoisotopic (exact) mass is 437 g/mol. The molecule has 2 saturated heterocycles. The summed E-state index contributed by atoms with van der Waals surface area (Å²) < 4.78 is 10.7. The van der Waals surface area contributed by atoms with E-state index >= 15 is 0 Å². The molecule has 1 unspecified atom stereocenters. The molecule has 2 fully saturated rings. The van der Waals surface area contributed by atoms with Gasteiger partial charge >= 0.3 is 0 Å². The summed E-state index contributed by atoms with van der Waals surface area (Å²) >= 11 is 0. The molecule has 2 aliphatic heterocycles. The third kappa shape index (κ3) is 5.59. The van der Waals surface area contributed by atoms with Gasteiger partial charge < -0.3 is 24.6 Å². The molecule has 1 atom stereocenters. The third-order valence-electron chi connectivity index (χ3n) is 6.13. The van der Waals surface area contributed by atoms with Gasteiger partial charge in [0.05, 0.1) is 7.11 Å². The fourth-order valence-corrected chi connectivity index (χ4v) is 4.46. The topological polar surface area (TPSA) is 71.1 Å². The van der Waals surface area contributed by atoms with Crippen LogP contribution in [0.5, 0.6) is 11.5 Å². The van der Waals surface area contributed by atoms with Crippen molar-refractivity contribution in [2.75, 3.05) is 45.2 Å². The van der Waals surface area contributed by atoms with Crippen LogP contribution in [0.2, 0.25) is 0 Å². The van der Waals surface area contributed by atoms with E-state index in [2.05, 4.69) is 10.2 Å². The Hall–Kier alpha value is -3.06. The molecular weight excluding hydrogens is 406 g/mol. The highest BCUT2D eigenvalue weighted by Crippen LogP contribution is 2.23. The molecule has 2 aliphatic rings. The minimum absolute atomic E-state index is 0.0778. The summed E-state index contributed by atoms with van der Waals surface area (Å²) in [6.07, 6.45) is 4.67. The highest BCUT2D eigenvalue weighted by atomic mass is 16.5. The molecule has 2 heterocycles. The molecule has 0 radical (unpaired) electrons. The van der Waals surface area contributed by atoms with Gasteiger partial charge in [0.1, 0.15) is 11.5 Å². The van der Waals surface area contributed by atoms with Crippen molar-refractivity contribution in [1.29, 1.82) is 0 Å². The predicted molar refractivity (Wildman–Crippen MR) is 123 cm³/mol. The maximum Gasteiger partial charge on any atom is 0.262 e. The summed E-state index contributed by atoms with van der Waals surface area (Å²) in [6, 6.07) is 14.5. The number of nitrogens with one attached hydrogen (secondary N) is 1. The number of nitrogens with zero attached hydrogens (tertiary/aromatic N) is 2. The Balaban J connectivity index is 1.28. The smallest absolute Gasteiger partial charge is 0.262 e. The number of carbonyl (C=O) groups excluding carboxylic acids is 2. The van der Waals surface area contributed by atoms with Gasteiger partial charge in [-0.2, -0.15) is 0 Å². The standard InChI is InChI=1S/C25H31N3O4/c1-31-23-8-4-6-20(16-23)26-24(29)18-32-22-11-9-19(10-12-22)25(30)28-15-5-7-21(28)17-27-13-2-3-14-27/h4,6,8-12,16,21H,2-3,5,7,13-15,17-18H2,1H3,(H,26,29). The van der Waals surface area contributed by atoms with Crippen molar-refractivity contribution in [3.8, 4) is 11.5 Å². The van der Waals surface area contributed by atoms with Crippen LogP contribution in [0.25, 0.3) is 0 Å². The van der Waals surface area contributed by atoms with Crippen molar-refractivity contribution in [3.05, 3.63) is 54.1 Å². The van der Waals surface area contributed by atoms with Crippen LogP contribution in [-0.2, 0) is 4.79 Å². The van der Waals surface area contributed by atoms with Crippen LogP contribution in [-0.4, -0.2) is 67.6 Å². The highest BCUT2D eigenvalue weighted by molar-refractivity contribution is 5.95. The quantitative estimate of drug-likeness (QED) is 0.685.